The van der Waals surface area contributed by atoms with Gasteiger partial charge in [-0.1, -0.05) is 347 Å². The first-order valence-electron chi connectivity index (χ1n) is 34.8. The van der Waals surface area contributed by atoms with E-state index in [0.29, 0.717) is 19.3 Å². The van der Waals surface area contributed by atoms with Gasteiger partial charge in [0, 0.05) is 19.3 Å². The molecule has 0 aliphatic rings. The lowest BCUT2D eigenvalue weighted by atomic mass is 10.0. The van der Waals surface area contributed by atoms with Gasteiger partial charge >= 0.3 is 17.9 Å². The summed E-state index contributed by atoms with van der Waals surface area (Å²) in [4.78, 5) is 38.3. The molecule has 0 N–H and O–H groups in total. The Morgan fingerprint density at radius 3 is 0.714 bits per heavy atom. The number of ether oxygens (including phenoxy) is 3. The van der Waals surface area contributed by atoms with Crippen molar-refractivity contribution in [2.75, 3.05) is 13.2 Å². The standard InChI is InChI=1S/C71H134O6/c1-4-7-10-13-16-19-21-23-25-27-29-31-33-35-37-39-41-43-45-47-49-52-55-58-61-64-70(73)76-67-68(66-75-69(72)63-60-57-54-51-18-15-12-9-6-3)77-71(74)65-62-59-56-53-50-48-46-44-42-40-38-36-34-32-30-28-26-24-22-20-17-14-11-8-5-2/h21,23,27,29,68H,4-20,22,24-26,28,30-67H2,1-3H3/b23-21-,29-27-. The van der Waals surface area contributed by atoms with Crippen molar-refractivity contribution in [1.29, 1.82) is 0 Å². The van der Waals surface area contributed by atoms with Crippen LogP contribution in [0.1, 0.15) is 393 Å². The molecule has 0 amide bonds. The zero-order valence-electron chi connectivity index (χ0n) is 52.3. The van der Waals surface area contributed by atoms with E-state index in [4.69, 9.17) is 14.2 Å². The maximum atomic E-state index is 12.9. The fraction of sp³-hybridized carbons (Fsp3) is 0.901. The molecule has 0 saturated carbocycles. The Hall–Kier alpha value is -2.11. The van der Waals surface area contributed by atoms with E-state index < -0.39 is 6.10 Å². The molecule has 6 nitrogen and oxygen atoms in total. The minimum Gasteiger partial charge on any atom is -0.462 e. The van der Waals surface area contributed by atoms with Crippen LogP contribution in [0, 0.1) is 0 Å². The molecule has 0 aliphatic heterocycles. The third-order valence-electron chi connectivity index (χ3n) is 16.0. The number of carbonyl (C=O) groups is 3. The predicted octanol–water partition coefficient (Wildman–Crippen LogP) is 23.8. The van der Waals surface area contributed by atoms with Crippen LogP contribution < -0.4 is 0 Å². The lowest BCUT2D eigenvalue weighted by molar-refractivity contribution is -0.167. The number of carbonyl (C=O) groups excluding carboxylic acids is 3. The Labute approximate surface area is 481 Å². The molecule has 0 rings (SSSR count). The second kappa shape index (κ2) is 66.4. The molecule has 77 heavy (non-hydrogen) atoms. The van der Waals surface area contributed by atoms with E-state index >= 15 is 0 Å². The van der Waals surface area contributed by atoms with E-state index in [2.05, 4.69) is 45.1 Å². The van der Waals surface area contributed by atoms with Crippen LogP contribution in [0.5, 0.6) is 0 Å². The highest BCUT2D eigenvalue weighted by atomic mass is 16.6. The summed E-state index contributed by atoms with van der Waals surface area (Å²) in [5.74, 6) is -0.839. The summed E-state index contributed by atoms with van der Waals surface area (Å²) >= 11 is 0. The van der Waals surface area contributed by atoms with Crippen molar-refractivity contribution in [1.82, 2.24) is 0 Å². The summed E-state index contributed by atoms with van der Waals surface area (Å²) in [6, 6.07) is 0. The number of esters is 3. The molecular formula is C71H134O6. The van der Waals surface area contributed by atoms with E-state index in [1.807, 2.05) is 0 Å². The SMILES string of the molecule is CCCCCCC/C=C\C/C=C\CCCCCCCCCCCCCCCC(=O)OCC(COC(=O)CCCCCCCCCCC)OC(=O)CCCCCCCCCCCCCCCCCCCCCCCCCCC. The minimum absolute atomic E-state index is 0.0651. The highest BCUT2D eigenvalue weighted by Gasteiger charge is 2.19. The summed E-state index contributed by atoms with van der Waals surface area (Å²) in [6.07, 6.45) is 80.8. The van der Waals surface area contributed by atoms with Crippen LogP contribution in [-0.2, 0) is 28.6 Å². The van der Waals surface area contributed by atoms with E-state index in [0.717, 1.165) is 64.2 Å². The van der Waals surface area contributed by atoms with Crippen LogP contribution in [0.15, 0.2) is 24.3 Å². The van der Waals surface area contributed by atoms with E-state index in [1.165, 1.54) is 289 Å². The van der Waals surface area contributed by atoms with Gasteiger partial charge in [-0.3, -0.25) is 14.4 Å². The Kier molecular flexibility index (Phi) is 64.6. The molecule has 0 heterocycles. The summed E-state index contributed by atoms with van der Waals surface area (Å²) in [5, 5.41) is 0. The van der Waals surface area contributed by atoms with Crippen LogP contribution in [-0.4, -0.2) is 37.2 Å². The summed E-state index contributed by atoms with van der Waals surface area (Å²) in [7, 11) is 0. The highest BCUT2D eigenvalue weighted by molar-refractivity contribution is 5.71. The quantitative estimate of drug-likeness (QED) is 0.0261. The van der Waals surface area contributed by atoms with Gasteiger partial charge in [-0.15, -0.1) is 0 Å². The highest BCUT2D eigenvalue weighted by Crippen LogP contribution is 2.19. The monoisotopic (exact) mass is 1080 g/mol. The largest absolute Gasteiger partial charge is 0.462 e. The number of hydrogen-bond acceptors (Lipinski definition) is 6. The van der Waals surface area contributed by atoms with E-state index in [9.17, 15) is 14.4 Å². The summed E-state index contributed by atoms with van der Waals surface area (Å²) in [6.45, 7) is 6.69. The molecule has 0 radical (unpaired) electrons. The average molecular weight is 1080 g/mol. The summed E-state index contributed by atoms with van der Waals surface area (Å²) < 4.78 is 16.9. The second-order valence-corrected chi connectivity index (χ2v) is 23.8. The van der Waals surface area contributed by atoms with Crippen molar-refractivity contribution in [2.45, 2.75) is 399 Å². The number of rotatable bonds is 65. The Bertz CT molecular complexity index is 1240. The topological polar surface area (TPSA) is 78.9 Å². The lowest BCUT2D eigenvalue weighted by Gasteiger charge is -2.18. The number of unbranched alkanes of at least 4 members (excludes halogenated alkanes) is 50. The molecule has 0 spiro atoms. The van der Waals surface area contributed by atoms with Gasteiger partial charge in [-0.2, -0.15) is 0 Å². The molecule has 0 aromatic carbocycles. The molecule has 0 fully saturated rings. The van der Waals surface area contributed by atoms with Crippen LogP contribution in [0.2, 0.25) is 0 Å². The smallest absolute Gasteiger partial charge is 0.306 e. The van der Waals surface area contributed by atoms with Gasteiger partial charge in [-0.25, -0.2) is 0 Å². The third-order valence-corrected chi connectivity index (χ3v) is 16.0. The van der Waals surface area contributed by atoms with Gasteiger partial charge in [0.25, 0.3) is 0 Å². The van der Waals surface area contributed by atoms with Crippen molar-refractivity contribution >= 4 is 17.9 Å². The van der Waals surface area contributed by atoms with Crippen molar-refractivity contribution in [3.05, 3.63) is 24.3 Å². The first-order chi connectivity index (χ1) is 38.0. The number of allylic oxidation sites excluding steroid dienone is 4. The van der Waals surface area contributed by atoms with Gasteiger partial charge < -0.3 is 14.2 Å². The third kappa shape index (κ3) is 64.6. The van der Waals surface area contributed by atoms with Gasteiger partial charge in [-0.05, 0) is 51.4 Å². The Morgan fingerprint density at radius 1 is 0.260 bits per heavy atom. The molecule has 0 saturated heterocycles. The Balaban J connectivity index is 4.11. The molecule has 6 heteroatoms. The lowest BCUT2D eigenvalue weighted by Crippen LogP contribution is -2.30. The molecule has 454 valence electrons. The van der Waals surface area contributed by atoms with Crippen molar-refractivity contribution < 1.29 is 28.6 Å². The van der Waals surface area contributed by atoms with Gasteiger partial charge in [0.2, 0.25) is 0 Å². The van der Waals surface area contributed by atoms with Crippen molar-refractivity contribution in [2.24, 2.45) is 0 Å². The number of hydrogen-bond donors (Lipinski definition) is 0. The van der Waals surface area contributed by atoms with Gasteiger partial charge in [0.05, 0.1) is 0 Å². The fourth-order valence-electron chi connectivity index (χ4n) is 10.7. The molecule has 1 unspecified atom stereocenters. The van der Waals surface area contributed by atoms with Crippen LogP contribution in [0.25, 0.3) is 0 Å². The maximum absolute atomic E-state index is 12.9. The maximum Gasteiger partial charge on any atom is 0.306 e. The molecule has 0 bridgehead atoms. The molecule has 0 aliphatic carbocycles. The zero-order chi connectivity index (χ0) is 55.7. The Morgan fingerprint density at radius 2 is 0.468 bits per heavy atom. The molecule has 0 aromatic rings. The second-order valence-electron chi connectivity index (χ2n) is 23.8. The first-order valence-corrected chi connectivity index (χ1v) is 34.8. The van der Waals surface area contributed by atoms with Crippen molar-refractivity contribution in [3.63, 3.8) is 0 Å². The molecule has 0 aromatic heterocycles. The average Bonchev–Trinajstić information content (AvgIpc) is 3.43. The van der Waals surface area contributed by atoms with Crippen LogP contribution in [0.4, 0.5) is 0 Å². The summed E-state index contributed by atoms with van der Waals surface area (Å²) in [5.41, 5.74) is 0. The normalized spacial score (nSPS) is 12.1. The van der Waals surface area contributed by atoms with Gasteiger partial charge in [0.1, 0.15) is 13.2 Å². The first kappa shape index (κ1) is 74.9. The fourth-order valence-corrected chi connectivity index (χ4v) is 10.7. The molecular weight excluding hydrogens is 949 g/mol. The van der Waals surface area contributed by atoms with E-state index in [-0.39, 0.29) is 31.1 Å². The van der Waals surface area contributed by atoms with Crippen LogP contribution in [0.3, 0.4) is 0 Å². The zero-order valence-corrected chi connectivity index (χ0v) is 52.3. The van der Waals surface area contributed by atoms with Gasteiger partial charge in [0.15, 0.2) is 6.10 Å². The van der Waals surface area contributed by atoms with E-state index in [1.54, 1.807) is 0 Å². The van der Waals surface area contributed by atoms with Crippen molar-refractivity contribution in [3.8, 4) is 0 Å². The van der Waals surface area contributed by atoms with Crippen LogP contribution >= 0.6 is 0 Å². The molecule has 1 atom stereocenters. The predicted molar refractivity (Wildman–Crippen MR) is 335 cm³/mol. The minimum atomic E-state index is -0.766.